The molecule has 50 valence electrons. The molecule has 0 aliphatic heterocycles. The maximum atomic E-state index is 5.04. The Labute approximate surface area is 64.8 Å². The van der Waals surface area contributed by atoms with E-state index in [2.05, 4.69) is 17.1 Å². The predicted octanol–water partition coefficient (Wildman–Crippen LogP) is 1.95. The molecule has 0 radical (unpaired) electrons. The van der Waals surface area contributed by atoms with E-state index in [0.717, 1.165) is 11.3 Å². The van der Waals surface area contributed by atoms with Crippen molar-refractivity contribution >= 4 is 23.2 Å². The van der Waals surface area contributed by atoms with Crippen LogP contribution in [0, 0.1) is 0 Å². The fourth-order valence-corrected chi connectivity index (χ4v) is 1.35. The summed E-state index contributed by atoms with van der Waals surface area (Å²) >= 11 is 5.04. The lowest BCUT2D eigenvalue weighted by molar-refractivity contribution is 1.19. The Bertz CT molecular complexity index is 296. The zero-order valence-electron chi connectivity index (χ0n) is 5.42. The number of thiocarbonyl (C=S) groups is 1. The number of hydrogen-bond donors (Lipinski definition) is 1. The van der Waals surface area contributed by atoms with Crippen LogP contribution in [0.15, 0.2) is 18.3 Å². The van der Waals surface area contributed by atoms with E-state index in [0.29, 0.717) is 0 Å². The van der Waals surface area contributed by atoms with Crippen LogP contribution in [0.3, 0.4) is 0 Å². The molecule has 1 heterocycles. The van der Waals surface area contributed by atoms with Crippen LogP contribution in [-0.2, 0) is 6.42 Å². The Morgan fingerprint density at radius 3 is 3.20 bits per heavy atom. The zero-order chi connectivity index (χ0) is 6.97. The molecule has 0 spiro atoms. The SMILES string of the molecule is S=C1C=Cc2cc[nH]c2C1. The summed E-state index contributed by atoms with van der Waals surface area (Å²) in [6.07, 6.45) is 6.89. The van der Waals surface area contributed by atoms with Crippen molar-refractivity contribution in [2.45, 2.75) is 6.42 Å². The van der Waals surface area contributed by atoms with E-state index in [-0.39, 0.29) is 0 Å². The molecule has 1 N–H and O–H groups in total. The Hall–Kier alpha value is -0.890. The number of aromatic nitrogens is 1. The summed E-state index contributed by atoms with van der Waals surface area (Å²) in [5.74, 6) is 0. The molecule has 1 aliphatic rings. The van der Waals surface area contributed by atoms with E-state index in [1.165, 1.54) is 11.3 Å². The molecule has 0 bridgehead atoms. The van der Waals surface area contributed by atoms with E-state index in [1.807, 2.05) is 12.3 Å². The molecule has 10 heavy (non-hydrogen) atoms. The monoisotopic (exact) mass is 149 g/mol. The summed E-state index contributed by atoms with van der Waals surface area (Å²) in [4.78, 5) is 4.16. The van der Waals surface area contributed by atoms with E-state index >= 15 is 0 Å². The van der Waals surface area contributed by atoms with Crippen molar-refractivity contribution in [3.63, 3.8) is 0 Å². The smallest absolute Gasteiger partial charge is 0.0273 e. The van der Waals surface area contributed by atoms with Crippen LogP contribution in [-0.4, -0.2) is 9.85 Å². The molecule has 1 aromatic rings. The summed E-state index contributed by atoms with van der Waals surface area (Å²) in [7, 11) is 0. The lowest BCUT2D eigenvalue weighted by Gasteiger charge is -2.03. The number of fused-ring (bicyclic) bond motifs is 1. The van der Waals surface area contributed by atoms with Gasteiger partial charge in [-0.15, -0.1) is 0 Å². The lowest BCUT2D eigenvalue weighted by atomic mass is 10.1. The van der Waals surface area contributed by atoms with Crippen LogP contribution < -0.4 is 0 Å². The van der Waals surface area contributed by atoms with Gasteiger partial charge in [-0.05, 0) is 17.7 Å². The highest BCUT2D eigenvalue weighted by Gasteiger charge is 2.06. The largest absolute Gasteiger partial charge is 0.364 e. The molecular formula is C8H7NS. The summed E-state index contributed by atoms with van der Waals surface area (Å²) in [6, 6.07) is 2.06. The van der Waals surface area contributed by atoms with Gasteiger partial charge in [0.1, 0.15) is 0 Å². The molecule has 0 fully saturated rings. The fourth-order valence-electron chi connectivity index (χ4n) is 1.14. The molecule has 2 rings (SSSR count). The number of nitrogens with one attached hydrogen (secondary N) is 1. The number of H-pyrrole nitrogens is 1. The average molecular weight is 149 g/mol. The second-order valence-corrected chi connectivity index (χ2v) is 2.91. The molecule has 0 saturated carbocycles. The first-order chi connectivity index (χ1) is 4.86. The highest BCUT2D eigenvalue weighted by atomic mass is 32.1. The normalized spacial score (nSPS) is 15.4. The Balaban J connectivity index is 2.52. The van der Waals surface area contributed by atoms with Crippen molar-refractivity contribution in [2.24, 2.45) is 0 Å². The van der Waals surface area contributed by atoms with E-state index in [1.54, 1.807) is 0 Å². The van der Waals surface area contributed by atoms with Crippen LogP contribution in [0.5, 0.6) is 0 Å². The standard InChI is InChI=1S/C8H7NS/c10-7-2-1-6-3-4-9-8(6)5-7/h1-4,9H,5H2. The Morgan fingerprint density at radius 2 is 2.30 bits per heavy atom. The second-order valence-electron chi connectivity index (χ2n) is 2.39. The lowest BCUT2D eigenvalue weighted by Crippen LogP contribution is -2.01. The van der Waals surface area contributed by atoms with Crippen molar-refractivity contribution in [1.29, 1.82) is 0 Å². The molecule has 1 aliphatic carbocycles. The summed E-state index contributed by atoms with van der Waals surface area (Å²) < 4.78 is 0. The number of aromatic amines is 1. The van der Waals surface area contributed by atoms with Gasteiger partial charge in [0.15, 0.2) is 0 Å². The van der Waals surface area contributed by atoms with Crippen molar-refractivity contribution < 1.29 is 0 Å². The van der Waals surface area contributed by atoms with Gasteiger partial charge >= 0.3 is 0 Å². The first-order valence-electron chi connectivity index (χ1n) is 3.23. The van der Waals surface area contributed by atoms with Crippen LogP contribution in [0.2, 0.25) is 0 Å². The zero-order valence-corrected chi connectivity index (χ0v) is 6.24. The number of allylic oxidation sites excluding steroid dienone is 1. The van der Waals surface area contributed by atoms with Gasteiger partial charge in [-0.25, -0.2) is 0 Å². The van der Waals surface area contributed by atoms with Gasteiger partial charge < -0.3 is 4.98 Å². The Morgan fingerprint density at radius 1 is 1.40 bits per heavy atom. The molecule has 0 saturated heterocycles. The number of hydrogen-bond acceptors (Lipinski definition) is 1. The van der Waals surface area contributed by atoms with Gasteiger partial charge in [0, 0.05) is 23.2 Å². The molecule has 2 heteroatoms. The first kappa shape index (κ1) is 5.86. The highest BCUT2D eigenvalue weighted by Crippen LogP contribution is 2.15. The molecular weight excluding hydrogens is 142 g/mol. The minimum atomic E-state index is 0.897. The molecule has 0 aromatic carbocycles. The van der Waals surface area contributed by atoms with Crippen LogP contribution in [0.1, 0.15) is 11.3 Å². The second kappa shape index (κ2) is 2.06. The topological polar surface area (TPSA) is 15.8 Å². The van der Waals surface area contributed by atoms with Crippen LogP contribution in [0.4, 0.5) is 0 Å². The van der Waals surface area contributed by atoms with E-state index < -0.39 is 0 Å². The maximum absolute atomic E-state index is 5.04. The van der Waals surface area contributed by atoms with Gasteiger partial charge in [-0.3, -0.25) is 0 Å². The van der Waals surface area contributed by atoms with Crippen molar-refractivity contribution in [3.05, 3.63) is 29.6 Å². The van der Waals surface area contributed by atoms with Gasteiger partial charge in [0.05, 0.1) is 0 Å². The van der Waals surface area contributed by atoms with E-state index in [9.17, 15) is 0 Å². The van der Waals surface area contributed by atoms with Crippen LogP contribution in [0.25, 0.3) is 6.08 Å². The molecule has 1 nitrogen and oxygen atoms in total. The van der Waals surface area contributed by atoms with Crippen LogP contribution >= 0.6 is 12.2 Å². The third-order valence-corrected chi connectivity index (χ3v) is 1.95. The van der Waals surface area contributed by atoms with Gasteiger partial charge in [0.2, 0.25) is 0 Å². The summed E-state index contributed by atoms with van der Waals surface area (Å²) in [5, 5.41) is 0. The Kier molecular flexibility index (Phi) is 1.21. The minimum Gasteiger partial charge on any atom is -0.364 e. The fraction of sp³-hybridized carbons (Fsp3) is 0.125. The summed E-state index contributed by atoms with van der Waals surface area (Å²) in [6.45, 7) is 0. The van der Waals surface area contributed by atoms with E-state index in [4.69, 9.17) is 12.2 Å². The molecule has 1 aromatic heterocycles. The molecule has 0 atom stereocenters. The van der Waals surface area contributed by atoms with Gasteiger partial charge in [-0.2, -0.15) is 0 Å². The van der Waals surface area contributed by atoms with Crippen molar-refractivity contribution in [1.82, 2.24) is 4.98 Å². The maximum Gasteiger partial charge on any atom is 0.0273 e. The predicted molar refractivity (Wildman–Crippen MR) is 46.1 cm³/mol. The first-order valence-corrected chi connectivity index (χ1v) is 3.64. The summed E-state index contributed by atoms with van der Waals surface area (Å²) in [5.41, 5.74) is 2.51. The van der Waals surface area contributed by atoms with Gasteiger partial charge in [-0.1, -0.05) is 18.3 Å². The highest BCUT2D eigenvalue weighted by molar-refractivity contribution is 7.80. The minimum absolute atomic E-state index is 0.897. The van der Waals surface area contributed by atoms with Crippen molar-refractivity contribution in [3.8, 4) is 0 Å². The third-order valence-electron chi connectivity index (χ3n) is 1.67. The molecule has 0 amide bonds. The third kappa shape index (κ3) is 0.809. The van der Waals surface area contributed by atoms with Gasteiger partial charge in [0.25, 0.3) is 0 Å². The average Bonchev–Trinajstić information content (AvgIpc) is 2.33. The molecule has 0 unspecified atom stereocenters. The quantitative estimate of drug-likeness (QED) is 0.557. The number of rotatable bonds is 0. The van der Waals surface area contributed by atoms with Crippen molar-refractivity contribution in [2.75, 3.05) is 0 Å².